The Morgan fingerprint density at radius 1 is 1.52 bits per heavy atom. The number of amides is 1. The van der Waals surface area contributed by atoms with Gasteiger partial charge in [0, 0.05) is 31.8 Å². The van der Waals surface area contributed by atoms with Crippen LogP contribution < -0.4 is 10.9 Å². The van der Waals surface area contributed by atoms with E-state index in [-0.39, 0.29) is 31.2 Å². The van der Waals surface area contributed by atoms with Gasteiger partial charge in [-0.05, 0) is 32.4 Å². The highest BCUT2D eigenvalue weighted by Crippen LogP contribution is 2.48. The van der Waals surface area contributed by atoms with Crippen LogP contribution in [0, 0.1) is 5.92 Å². The molecule has 1 heterocycles. The van der Waals surface area contributed by atoms with E-state index in [1.54, 1.807) is 42.6 Å². The Labute approximate surface area is 174 Å². The van der Waals surface area contributed by atoms with Gasteiger partial charge in [0.05, 0.1) is 35.1 Å². The topological polar surface area (TPSA) is 84.1 Å². The summed E-state index contributed by atoms with van der Waals surface area (Å²) in [6.45, 7) is 3.83. The second kappa shape index (κ2) is 10.5. The molecule has 10 heteroatoms. The van der Waals surface area contributed by atoms with Gasteiger partial charge < -0.3 is 9.74 Å². The fraction of sp³-hybridized carbons (Fsp3) is 0.526. The van der Waals surface area contributed by atoms with Crippen LogP contribution in [0.4, 0.5) is 14.5 Å². The molecule has 1 aliphatic rings. The van der Waals surface area contributed by atoms with Crippen molar-refractivity contribution < 1.29 is 18.4 Å². The molecule has 1 aliphatic carbocycles. The van der Waals surface area contributed by atoms with E-state index >= 15 is 0 Å². The van der Waals surface area contributed by atoms with Gasteiger partial charge >= 0.3 is 0 Å². The molecule has 7 nitrogen and oxygen atoms in total. The van der Waals surface area contributed by atoms with E-state index in [1.807, 2.05) is 6.92 Å². The number of halogens is 3. The molecule has 0 aliphatic heterocycles. The minimum Gasteiger partial charge on any atom is -0.395 e. The third kappa shape index (κ3) is 6.93. The number of carbonyl (C=O) groups excluding carboxylic acids is 1. The molecule has 1 aromatic rings. The minimum absolute atomic E-state index is 0.0966. The standard InChI is InChI=1S/C19H26ClF2N5O2/c1-3-26(17(10-20)12-27(23)16-5-4-8-24-11-16)18(28)7-6-14(2)25-29-13-15-9-19(15,21)22/h4-5,8,11-12,15H,3,6-7,9-10,13,23H2,1-2H3. The first-order valence-electron chi connectivity index (χ1n) is 9.32. The maximum atomic E-state index is 12.8. The molecule has 0 aromatic carbocycles. The summed E-state index contributed by atoms with van der Waals surface area (Å²) < 4.78 is 25.6. The van der Waals surface area contributed by atoms with Crippen LogP contribution in [0.25, 0.3) is 0 Å². The molecular formula is C19H26ClF2N5O2. The first-order chi connectivity index (χ1) is 13.8. The normalized spacial score (nSPS) is 18.3. The fourth-order valence-electron chi connectivity index (χ4n) is 2.61. The van der Waals surface area contributed by atoms with Crippen molar-refractivity contribution in [3.63, 3.8) is 0 Å². The highest BCUT2D eigenvalue weighted by Gasteiger charge is 2.57. The molecule has 2 N–H and O–H groups in total. The molecule has 1 amide bonds. The molecule has 29 heavy (non-hydrogen) atoms. The van der Waals surface area contributed by atoms with Crippen LogP contribution >= 0.6 is 11.6 Å². The number of anilines is 1. The molecule has 0 bridgehead atoms. The van der Waals surface area contributed by atoms with Crippen LogP contribution in [0.3, 0.4) is 0 Å². The van der Waals surface area contributed by atoms with Gasteiger partial charge in [0.25, 0.3) is 5.92 Å². The predicted octanol–water partition coefficient (Wildman–Crippen LogP) is 3.52. The van der Waals surface area contributed by atoms with Crippen LogP contribution in [0.2, 0.25) is 0 Å². The molecule has 1 unspecified atom stereocenters. The minimum atomic E-state index is -2.63. The molecule has 0 spiro atoms. The summed E-state index contributed by atoms with van der Waals surface area (Å²) in [4.78, 5) is 23.1. The first-order valence-corrected chi connectivity index (χ1v) is 9.86. The van der Waals surface area contributed by atoms with Gasteiger partial charge in [-0.1, -0.05) is 5.16 Å². The number of hydrazine groups is 1. The number of carbonyl (C=O) groups is 1. The molecule has 1 atom stereocenters. The number of hydrogen-bond donors (Lipinski definition) is 1. The Morgan fingerprint density at radius 3 is 2.79 bits per heavy atom. The first kappa shape index (κ1) is 23.0. The van der Waals surface area contributed by atoms with E-state index in [2.05, 4.69) is 10.1 Å². The Balaban J connectivity index is 1.89. The molecule has 1 saturated carbocycles. The monoisotopic (exact) mass is 429 g/mol. The van der Waals surface area contributed by atoms with Crippen LogP contribution in [-0.4, -0.2) is 46.5 Å². The Hall–Kier alpha value is -2.26. The van der Waals surface area contributed by atoms with E-state index in [1.165, 1.54) is 5.01 Å². The molecule has 1 aromatic heterocycles. The number of oxime groups is 1. The van der Waals surface area contributed by atoms with Crippen molar-refractivity contribution in [1.29, 1.82) is 0 Å². The highest BCUT2D eigenvalue weighted by molar-refractivity contribution is 6.19. The van der Waals surface area contributed by atoms with Gasteiger partial charge in [-0.25, -0.2) is 14.6 Å². The van der Waals surface area contributed by atoms with Gasteiger partial charge in [0.2, 0.25) is 5.91 Å². The number of aromatic nitrogens is 1. The summed E-state index contributed by atoms with van der Waals surface area (Å²) in [5, 5.41) is 5.17. The third-order valence-corrected chi connectivity index (χ3v) is 4.76. The molecule has 1 fully saturated rings. The van der Waals surface area contributed by atoms with Crippen molar-refractivity contribution in [1.82, 2.24) is 9.88 Å². The second-order valence-electron chi connectivity index (χ2n) is 6.79. The fourth-order valence-corrected chi connectivity index (χ4v) is 2.83. The number of alkyl halides is 3. The van der Waals surface area contributed by atoms with Crippen molar-refractivity contribution in [2.45, 2.75) is 39.0 Å². The zero-order valence-electron chi connectivity index (χ0n) is 16.5. The zero-order chi connectivity index (χ0) is 21.4. The van der Waals surface area contributed by atoms with Crippen molar-refractivity contribution in [3.8, 4) is 0 Å². The summed E-state index contributed by atoms with van der Waals surface area (Å²) in [6.07, 6.45) is 5.19. The molecule has 160 valence electrons. The van der Waals surface area contributed by atoms with Crippen LogP contribution in [0.15, 0.2) is 41.6 Å². The quantitative estimate of drug-likeness (QED) is 0.252. The highest BCUT2D eigenvalue weighted by atomic mass is 35.5. The lowest BCUT2D eigenvalue weighted by molar-refractivity contribution is -0.128. The average molecular weight is 430 g/mol. The number of nitrogens with two attached hydrogens (primary N) is 1. The molecule has 0 radical (unpaired) electrons. The van der Waals surface area contributed by atoms with Crippen molar-refractivity contribution in [2.75, 3.05) is 24.0 Å². The van der Waals surface area contributed by atoms with E-state index in [0.29, 0.717) is 30.1 Å². The number of nitrogens with zero attached hydrogens (tertiary/aromatic N) is 4. The van der Waals surface area contributed by atoms with E-state index in [9.17, 15) is 13.6 Å². The van der Waals surface area contributed by atoms with Gasteiger partial charge in [0.1, 0.15) is 6.61 Å². The van der Waals surface area contributed by atoms with Crippen LogP contribution in [0.5, 0.6) is 0 Å². The second-order valence-corrected chi connectivity index (χ2v) is 7.06. The maximum absolute atomic E-state index is 12.8. The van der Waals surface area contributed by atoms with Crippen LogP contribution in [0.1, 0.15) is 33.1 Å². The van der Waals surface area contributed by atoms with Crippen molar-refractivity contribution in [2.24, 2.45) is 16.9 Å². The van der Waals surface area contributed by atoms with Gasteiger partial charge in [-0.3, -0.25) is 14.8 Å². The molecule has 0 saturated heterocycles. The molecule has 2 rings (SSSR count). The molecular weight excluding hydrogens is 404 g/mol. The summed E-state index contributed by atoms with van der Waals surface area (Å²) in [7, 11) is 0. The van der Waals surface area contributed by atoms with Crippen molar-refractivity contribution >= 4 is 28.9 Å². The summed E-state index contributed by atoms with van der Waals surface area (Å²) >= 11 is 6.04. The largest absolute Gasteiger partial charge is 0.395 e. The number of allylic oxidation sites excluding steroid dienone is 1. The smallest absolute Gasteiger partial charge is 0.255 e. The van der Waals surface area contributed by atoms with Gasteiger partial charge in [-0.2, -0.15) is 0 Å². The summed E-state index contributed by atoms with van der Waals surface area (Å²) in [5.74, 6) is 2.58. The summed E-state index contributed by atoms with van der Waals surface area (Å²) in [5.41, 5.74) is 1.76. The van der Waals surface area contributed by atoms with Crippen LogP contribution in [-0.2, 0) is 9.63 Å². The van der Waals surface area contributed by atoms with E-state index in [4.69, 9.17) is 22.3 Å². The third-order valence-electron chi connectivity index (χ3n) is 4.49. The van der Waals surface area contributed by atoms with Gasteiger partial charge in [0.15, 0.2) is 0 Å². The van der Waals surface area contributed by atoms with E-state index in [0.717, 1.165) is 0 Å². The Morgan fingerprint density at radius 2 is 2.24 bits per heavy atom. The SMILES string of the molecule is CCN(C(=O)CCC(C)=NOCC1CC1(F)F)C(=CN(N)c1cccnc1)CCl. The predicted molar refractivity (Wildman–Crippen MR) is 108 cm³/mol. The number of rotatable bonds is 11. The Kier molecular flexibility index (Phi) is 8.33. The maximum Gasteiger partial charge on any atom is 0.255 e. The lowest BCUT2D eigenvalue weighted by Gasteiger charge is -2.25. The van der Waals surface area contributed by atoms with E-state index < -0.39 is 11.8 Å². The number of hydrogen-bond acceptors (Lipinski definition) is 6. The van der Waals surface area contributed by atoms with Crippen molar-refractivity contribution in [3.05, 3.63) is 36.4 Å². The average Bonchev–Trinajstić information content (AvgIpc) is 3.32. The number of pyridine rings is 1. The van der Waals surface area contributed by atoms with Gasteiger partial charge in [-0.15, -0.1) is 11.6 Å². The Bertz CT molecular complexity index is 745. The lowest BCUT2D eigenvalue weighted by Crippen LogP contribution is -2.34. The lowest BCUT2D eigenvalue weighted by atomic mass is 10.2. The summed E-state index contributed by atoms with van der Waals surface area (Å²) in [6, 6.07) is 3.53. The zero-order valence-corrected chi connectivity index (χ0v) is 17.3.